The van der Waals surface area contributed by atoms with E-state index in [0.29, 0.717) is 19.3 Å². The summed E-state index contributed by atoms with van der Waals surface area (Å²) in [7, 11) is 0. The third-order valence-electron chi connectivity index (χ3n) is 15.1. The van der Waals surface area contributed by atoms with Crippen LogP contribution in [0.3, 0.4) is 0 Å². The topological polar surface area (TPSA) is 78.9 Å². The summed E-state index contributed by atoms with van der Waals surface area (Å²) in [5.74, 6) is -0.947. The lowest BCUT2D eigenvalue weighted by Crippen LogP contribution is -2.30. The molecule has 0 saturated carbocycles. The van der Waals surface area contributed by atoms with Crippen molar-refractivity contribution in [1.82, 2.24) is 0 Å². The summed E-state index contributed by atoms with van der Waals surface area (Å²) in [6.07, 6.45) is 90.5. The molecule has 0 aliphatic carbocycles. The van der Waals surface area contributed by atoms with E-state index in [1.54, 1.807) is 0 Å². The van der Waals surface area contributed by atoms with E-state index >= 15 is 0 Å². The van der Waals surface area contributed by atoms with Crippen molar-refractivity contribution >= 4 is 17.9 Å². The van der Waals surface area contributed by atoms with Gasteiger partial charge >= 0.3 is 17.9 Å². The van der Waals surface area contributed by atoms with Crippen LogP contribution in [-0.4, -0.2) is 37.2 Å². The molecule has 1 atom stereocenters. The second-order valence-corrected chi connectivity index (χ2v) is 23.1. The number of carbonyl (C=O) groups excluding carboxylic acids is 3. The van der Waals surface area contributed by atoms with Gasteiger partial charge in [-0.05, 0) is 89.9 Å². The van der Waals surface area contributed by atoms with E-state index in [4.69, 9.17) is 14.2 Å². The summed E-state index contributed by atoms with van der Waals surface area (Å²) >= 11 is 0. The van der Waals surface area contributed by atoms with Gasteiger partial charge in [0.15, 0.2) is 6.10 Å². The van der Waals surface area contributed by atoms with Crippen molar-refractivity contribution in [3.63, 3.8) is 0 Å². The SMILES string of the molecule is CC/C=C\C/C=C\C/C=C\C/C=C\C/C=C\CCCC(=O)OCC(COC(=O)CCCCCCCCCCCCCCCCCCCCCCCCCCCCC)OC(=O)CCCCCCCCC/C=C\C/C=C\CCCCCC. The predicted molar refractivity (Wildman–Crippen MR) is 348 cm³/mol. The smallest absolute Gasteiger partial charge is 0.306 e. The molecule has 6 nitrogen and oxygen atoms in total. The van der Waals surface area contributed by atoms with Gasteiger partial charge in [-0.2, -0.15) is 0 Å². The lowest BCUT2D eigenvalue weighted by atomic mass is 10.0. The Morgan fingerprint density at radius 2 is 0.500 bits per heavy atom. The first-order valence-electron chi connectivity index (χ1n) is 34.6. The van der Waals surface area contributed by atoms with Crippen LogP contribution in [0.15, 0.2) is 85.1 Å². The Bertz CT molecular complexity index is 1520. The maximum absolute atomic E-state index is 12.9. The molecule has 0 aliphatic rings. The molecule has 0 heterocycles. The molecule has 0 saturated heterocycles. The minimum absolute atomic E-state index is 0.0948. The predicted octanol–water partition coefficient (Wildman–Crippen LogP) is 23.8. The van der Waals surface area contributed by atoms with Crippen LogP contribution >= 0.6 is 0 Å². The fourth-order valence-electron chi connectivity index (χ4n) is 9.98. The molecule has 0 N–H and O–H groups in total. The van der Waals surface area contributed by atoms with Gasteiger partial charge in [-0.3, -0.25) is 14.4 Å². The highest BCUT2D eigenvalue weighted by atomic mass is 16.6. The lowest BCUT2D eigenvalue weighted by Gasteiger charge is -2.18. The Hall–Kier alpha value is -3.41. The zero-order chi connectivity index (χ0) is 57.8. The highest BCUT2D eigenvalue weighted by Crippen LogP contribution is 2.18. The van der Waals surface area contributed by atoms with Crippen LogP contribution in [0, 0.1) is 0 Å². The van der Waals surface area contributed by atoms with E-state index in [1.807, 2.05) is 0 Å². The third-order valence-corrected chi connectivity index (χ3v) is 15.1. The molecule has 0 fully saturated rings. The molecule has 0 aromatic rings. The Labute approximate surface area is 496 Å². The summed E-state index contributed by atoms with van der Waals surface area (Å²) in [6.45, 7) is 6.50. The number of hydrogen-bond donors (Lipinski definition) is 0. The largest absolute Gasteiger partial charge is 0.462 e. The van der Waals surface area contributed by atoms with E-state index in [-0.39, 0.29) is 37.5 Å². The van der Waals surface area contributed by atoms with Crippen molar-refractivity contribution in [3.8, 4) is 0 Å². The van der Waals surface area contributed by atoms with Crippen molar-refractivity contribution in [2.24, 2.45) is 0 Å². The van der Waals surface area contributed by atoms with E-state index in [2.05, 4.69) is 106 Å². The van der Waals surface area contributed by atoms with Crippen molar-refractivity contribution in [2.75, 3.05) is 13.2 Å². The van der Waals surface area contributed by atoms with Crippen molar-refractivity contribution in [3.05, 3.63) is 85.1 Å². The number of allylic oxidation sites excluding steroid dienone is 14. The van der Waals surface area contributed by atoms with Gasteiger partial charge in [0.25, 0.3) is 0 Å². The van der Waals surface area contributed by atoms with Gasteiger partial charge in [0, 0.05) is 19.3 Å². The van der Waals surface area contributed by atoms with Crippen LogP contribution in [-0.2, 0) is 28.6 Å². The fourth-order valence-corrected chi connectivity index (χ4v) is 9.98. The minimum Gasteiger partial charge on any atom is -0.462 e. The van der Waals surface area contributed by atoms with Crippen LogP contribution in [0.5, 0.6) is 0 Å². The van der Waals surface area contributed by atoms with E-state index in [1.165, 1.54) is 212 Å². The van der Waals surface area contributed by atoms with Crippen molar-refractivity contribution in [2.45, 2.75) is 354 Å². The maximum Gasteiger partial charge on any atom is 0.306 e. The molecule has 0 amide bonds. The Balaban J connectivity index is 4.33. The van der Waals surface area contributed by atoms with Crippen LogP contribution in [0.1, 0.15) is 348 Å². The molecule has 1 unspecified atom stereocenters. The van der Waals surface area contributed by atoms with Crippen molar-refractivity contribution in [1.29, 1.82) is 0 Å². The number of esters is 3. The molecule has 6 heteroatoms. The Kier molecular flexibility index (Phi) is 65.2. The number of rotatable bonds is 63. The number of unbranched alkanes of at least 4 members (excludes halogenated alkanes) is 38. The fraction of sp³-hybridized carbons (Fsp3) is 0.770. The summed E-state index contributed by atoms with van der Waals surface area (Å²) < 4.78 is 16.9. The normalized spacial score (nSPS) is 12.6. The molecule has 0 radical (unpaired) electrons. The standard InChI is InChI=1S/C74H130O6/c1-4-7-10-13-16-19-22-25-28-31-33-34-35-36-37-38-39-40-41-44-46-49-52-55-58-61-64-67-73(76)79-70-71(69-78-72(75)66-63-60-57-54-51-48-45-42-30-27-24-21-18-15-12-9-6-3)80-74(77)68-65-62-59-56-53-50-47-43-32-29-26-23-20-17-14-11-8-5-2/h9,12,18,20-21,23,27,29-30,32,45,48,54,57,71H,4-8,10-11,13-17,19,22,24-26,28,31,33-44,46-47,49-53,55-56,58-70H2,1-3H3/b12-9-,21-18-,23-20-,30-27-,32-29-,48-45-,57-54-. The molecule has 0 aromatic carbocycles. The van der Waals surface area contributed by atoms with E-state index in [0.717, 1.165) is 89.9 Å². The summed E-state index contributed by atoms with van der Waals surface area (Å²) in [5.41, 5.74) is 0. The zero-order valence-corrected chi connectivity index (χ0v) is 53.1. The Morgan fingerprint density at radius 3 is 0.825 bits per heavy atom. The monoisotopic (exact) mass is 1110 g/mol. The first-order chi connectivity index (χ1) is 39.5. The average molecular weight is 1120 g/mol. The molecule has 462 valence electrons. The molecule has 0 bridgehead atoms. The van der Waals surface area contributed by atoms with Crippen LogP contribution in [0.2, 0.25) is 0 Å². The zero-order valence-electron chi connectivity index (χ0n) is 53.1. The summed E-state index contributed by atoms with van der Waals surface area (Å²) in [5, 5.41) is 0. The maximum atomic E-state index is 12.9. The summed E-state index contributed by atoms with van der Waals surface area (Å²) in [6, 6.07) is 0. The minimum atomic E-state index is -0.805. The van der Waals surface area contributed by atoms with Gasteiger partial charge in [-0.1, -0.05) is 324 Å². The molecule has 0 aromatic heterocycles. The molecule has 0 rings (SSSR count). The first-order valence-corrected chi connectivity index (χ1v) is 34.6. The van der Waals surface area contributed by atoms with Crippen LogP contribution < -0.4 is 0 Å². The van der Waals surface area contributed by atoms with Gasteiger partial charge in [0.1, 0.15) is 13.2 Å². The molecular formula is C74H130O6. The van der Waals surface area contributed by atoms with Gasteiger partial charge in [0.2, 0.25) is 0 Å². The Morgan fingerprint density at radius 1 is 0.263 bits per heavy atom. The second kappa shape index (κ2) is 68.1. The average Bonchev–Trinajstić information content (AvgIpc) is 3.46. The van der Waals surface area contributed by atoms with Gasteiger partial charge in [-0.25, -0.2) is 0 Å². The van der Waals surface area contributed by atoms with E-state index in [9.17, 15) is 14.4 Å². The van der Waals surface area contributed by atoms with Gasteiger partial charge < -0.3 is 14.2 Å². The molecule has 0 aliphatic heterocycles. The first kappa shape index (κ1) is 76.6. The number of hydrogen-bond acceptors (Lipinski definition) is 6. The van der Waals surface area contributed by atoms with Crippen LogP contribution in [0.4, 0.5) is 0 Å². The highest BCUT2D eigenvalue weighted by Gasteiger charge is 2.19. The number of carbonyl (C=O) groups is 3. The van der Waals surface area contributed by atoms with Crippen molar-refractivity contribution < 1.29 is 28.6 Å². The highest BCUT2D eigenvalue weighted by molar-refractivity contribution is 5.71. The lowest BCUT2D eigenvalue weighted by molar-refractivity contribution is -0.167. The van der Waals surface area contributed by atoms with Gasteiger partial charge in [0.05, 0.1) is 0 Å². The third kappa shape index (κ3) is 65.4. The summed E-state index contributed by atoms with van der Waals surface area (Å²) in [4.78, 5) is 38.4. The second-order valence-electron chi connectivity index (χ2n) is 23.1. The van der Waals surface area contributed by atoms with Gasteiger partial charge in [-0.15, -0.1) is 0 Å². The number of ether oxygens (including phenoxy) is 3. The van der Waals surface area contributed by atoms with E-state index < -0.39 is 6.10 Å². The quantitative estimate of drug-likeness (QED) is 0.0261. The molecule has 0 spiro atoms. The molecule has 80 heavy (non-hydrogen) atoms. The van der Waals surface area contributed by atoms with Crippen LogP contribution in [0.25, 0.3) is 0 Å². The molecular weight excluding hydrogens is 985 g/mol.